The predicted octanol–water partition coefficient (Wildman–Crippen LogP) is 0.397. The highest BCUT2D eigenvalue weighted by Gasteiger charge is 2.44. The van der Waals surface area contributed by atoms with Crippen LogP contribution in [0.25, 0.3) is 0 Å². The summed E-state index contributed by atoms with van der Waals surface area (Å²) in [5.41, 5.74) is -0.840. The average Bonchev–Trinajstić information content (AvgIpc) is 2.77. The first-order chi connectivity index (χ1) is 15.1. The molecule has 0 aromatic heterocycles. The third-order valence-electron chi connectivity index (χ3n) is 5.85. The zero-order valence-corrected chi connectivity index (χ0v) is 17.4. The number of rotatable bonds is 3. The van der Waals surface area contributed by atoms with Crippen molar-refractivity contribution < 1.29 is 49.3 Å². The number of carbonyl (C=O) groups is 2. The summed E-state index contributed by atoms with van der Waals surface area (Å²) < 4.78 is 16.2. The van der Waals surface area contributed by atoms with Crippen LogP contribution < -0.4 is 9.47 Å². The Kier molecular flexibility index (Phi) is 5.33. The Bertz CT molecular complexity index is 1120. The van der Waals surface area contributed by atoms with Gasteiger partial charge in [0.05, 0.1) is 29.9 Å². The molecule has 0 bridgehead atoms. The van der Waals surface area contributed by atoms with Gasteiger partial charge in [-0.25, -0.2) is 0 Å². The summed E-state index contributed by atoms with van der Waals surface area (Å²) in [6, 6.07) is 3.76. The number of hydrogen-bond donors (Lipinski definition) is 5. The van der Waals surface area contributed by atoms with Crippen LogP contribution in [0.3, 0.4) is 0 Å². The van der Waals surface area contributed by atoms with E-state index in [1.165, 1.54) is 39.2 Å². The van der Waals surface area contributed by atoms with Gasteiger partial charge in [0, 0.05) is 11.1 Å². The Morgan fingerprint density at radius 2 is 1.59 bits per heavy atom. The van der Waals surface area contributed by atoms with E-state index in [2.05, 4.69) is 0 Å². The number of ether oxygens (including phenoxy) is 3. The monoisotopic (exact) mass is 446 g/mol. The molecular formula is C22H22O10. The van der Waals surface area contributed by atoms with Crippen molar-refractivity contribution in [2.75, 3.05) is 7.11 Å². The third-order valence-corrected chi connectivity index (χ3v) is 5.85. The van der Waals surface area contributed by atoms with Crippen LogP contribution in [0.1, 0.15) is 44.3 Å². The van der Waals surface area contributed by atoms with Crippen LogP contribution in [-0.4, -0.2) is 74.9 Å². The first-order valence-electron chi connectivity index (χ1n) is 9.80. The smallest absolute Gasteiger partial charge is 0.229 e. The highest BCUT2D eigenvalue weighted by Crippen LogP contribution is 2.44. The number of aliphatic hydroxyl groups excluding tert-OH is 3. The summed E-state index contributed by atoms with van der Waals surface area (Å²) in [6.07, 6.45) is -6.80. The molecule has 0 amide bonds. The van der Waals surface area contributed by atoms with Gasteiger partial charge in [0.1, 0.15) is 41.3 Å². The number of hydrogen-bond acceptors (Lipinski definition) is 10. The second kappa shape index (κ2) is 7.75. The molecule has 5 N–H and O–H groups in total. The van der Waals surface area contributed by atoms with Gasteiger partial charge in [0.25, 0.3) is 0 Å². The van der Waals surface area contributed by atoms with E-state index in [9.17, 15) is 35.1 Å². The number of fused-ring (bicyclic) bond motifs is 2. The van der Waals surface area contributed by atoms with Crippen molar-refractivity contribution in [2.24, 2.45) is 0 Å². The van der Waals surface area contributed by atoms with E-state index in [1.807, 2.05) is 0 Å². The van der Waals surface area contributed by atoms with Gasteiger partial charge in [0.2, 0.25) is 12.1 Å². The summed E-state index contributed by atoms with van der Waals surface area (Å²) >= 11 is 0. The van der Waals surface area contributed by atoms with Crippen LogP contribution in [0.5, 0.6) is 23.0 Å². The Labute approximate surface area is 182 Å². The van der Waals surface area contributed by atoms with Crippen molar-refractivity contribution in [1.29, 1.82) is 0 Å². The Balaban J connectivity index is 1.80. The Hall–Kier alpha value is -3.18. The second-order valence-corrected chi connectivity index (χ2v) is 7.77. The Morgan fingerprint density at radius 1 is 0.906 bits per heavy atom. The molecule has 2 aromatic rings. The summed E-state index contributed by atoms with van der Waals surface area (Å²) in [7, 11) is 1.31. The molecule has 170 valence electrons. The van der Waals surface area contributed by atoms with Crippen molar-refractivity contribution in [3.8, 4) is 23.0 Å². The van der Waals surface area contributed by atoms with E-state index < -0.39 is 53.8 Å². The van der Waals surface area contributed by atoms with E-state index in [-0.39, 0.29) is 39.3 Å². The Morgan fingerprint density at radius 3 is 2.25 bits per heavy atom. The minimum Gasteiger partial charge on any atom is -0.507 e. The average molecular weight is 446 g/mol. The molecule has 2 aromatic carbocycles. The lowest BCUT2D eigenvalue weighted by Gasteiger charge is -2.39. The van der Waals surface area contributed by atoms with Gasteiger partial charge in [-0.15, -0.1) is 0 Å². The highest BCUT2D eigenvalue weighted by molar-refractivity contribution is 6.31. The minimum absolute atomic E-state index is 0.0689. The molecule has 1 aliphatic heterocycles. The fourth-order valence-electron chi connectivity index (χ4n) is 3.97. The van der Waals surface area contributed by atoms with Crippen molar-refractivity contribution in [1.82, 2.24) is 0 Å². The van der Waals surface area contributed by atoms with E-state index in [0.717, 1.165) is 0 Å². The summed E-state index contributed by atoms with van der Waals surface area (Å²) in [5, 5.41) is 51.0. The maximum atomic E-state index is 13.2. The van der Waals surface area contributed by atoms with Gasteiger partial charge < -0.3 is 39.7 Å². The standard InChI is InChI=1S/C22H22O10/c1-7-12(32-22-21(29)20(28)17(25)8(2)31-22)6-9-13(16(7)24)19(27)15-11(30-3)5-4-10(23)14(15)18(9)26/h4-6,8,17,20-25,28-29H,1-3H3/t8-,17-,20+,21+,22-/m0/s1. The SMILES string of the molecule is COc1ccc(O)c2c1C(=O)c1c(cc(O[C@@H]3O[C@@H](C)[C@H](O)[C@@H](O)[C@H]3O)c(C)c1O)C2=O. The summed E-state index contributed by atoms with van der Waals surface area (Å²) in [4.78, 5) is 26.3. The van der Waals surface area contributed by atoms with Gasteiger partial charge in [-0.05, 0) is 32.0 Å². The fraction of sp³-hybridized carbons (Fsp3) is 0.364. The lowest BCUT2D eigenvalue weighted by Crippen LogP contribution is -2.58. The highest BCUT2D eigenvalue weighted by atomic mass is 16.7. The van der Waals surface area contributed by atoms with E-state index in [1.54, 1.807) is 0 Å². The van der Waals surface area contributed by atoms with E-state index >= 15 is 0 Å². The van der Waals surface area contributed by atoms with Crippen LogP contribution in [0.4, 0.5) is 0 Å². The molecule has 32 heavy (non-hydrogen) atoms. The number of carbonyl (C=O) groups excluding carboxylic acids is 2. The van der Waals surface area contributed by atoms with Gasteiger partial charge >= 0.3 is 0 Å². The summed E-state index contributed by atoms with van der Waals surface area (Å²) in [6.45, 7) is 2.91. The molecular weight excluding hydrogens is 424 g/mol. The number of phenolic OH excluding ortho intramolecular Hbond substituents is 2. The lowest BCUT2D eigenvalue weighted by molar-refractivity contribution is -0.268. The predicted molar refractivity (Wildman–Crippen MR) is 107 cm³/mol. The minimum atomic E-state index is -1.62. The van der Waals surface area contributed by atoms with Crippen LogP contribution >= 0.6 is 0 Å². The molecule has 0 spiro atoms. The molecule has 1 aliphatic carbocycles. The molecule has 1 saturated heterocycles. The second-order valence-electron chi connectivity index (χ2n) is 7.77. The summed E-state index contributed by atoms with van der Waals surface area (Å²) in [5.74, 6) is -2.42. The molecule has 0 saturated carbocycles. The zero-order chi connectivity index (χ0) is 23.5. The molecule has 1 heterocycles. The maximum absolute atomic E-state index is 13.2. The topological polar surface area (TPSA) is 163 Å². The lowest BCUT2D eigenvalue weighted by atomic mass is 9.81. The van der Waals surface area contributed by atoms with Crippen molar-refractivity contribution in [2.45, 2.75) is 44.6 Å². The van der Waals surface area contributed by atoms with Gasteiger partial charge in [0.15, 0.2) is 5.78 Å². The molecule has 4 rings (SSSR count). The first-order valence-corrected chi connectivity index (χ1v) is 9.80. The van der Waals surface area contributed by atoms with Crippen molar-refractivity contribution in [3.05, 3.63) is 46.0 Å². The fourth-order valence-corrected chi connectivity index (χ4v) is 3.97. The number of aromatic hydroxyl groups is 2. The molecule has 1 fully saturated rings. The first kappa shape index (κ1) is 22.0. The van der Waals surface area contributed by atoms with Gasteiger partial charge in [-0.3, -0.25) is 9.59 Å². The van der Waals surface area contributed by atoms with Crippen LogP contribution in [0.2, 0.25) is 0 Å². The van der Waals surface area contributed by atoms with Gasteiger partial charge in [-0.1, -0.05) is 0 Å². The molecule has 2 aliphatic rings. The van der Waals surface area contributed by atoms with Crippen LogP contribution in [0.15, 0.2) is 18.2 Å². The molecule has 10 nitrogen and oxygen atoms in total. The third kappa shape index (κ3) is 3.11. The number of aliphatic hydroxyl groups is 3. The molecule has 0 radical (unpaired) electrons. The van der Waals surface area contributed by atoms with Crippen LogP contribution in [-0.2, 0) is 4.74 Å². The van der Waals surface area contributed by atoms with Crippen molar-refractivity contribution in [3.63, 3.8) is 0 Å². The van der Waals surface area contributed by atoms with Crippen molar-refractivity contribution >= 4 is 11.6 Å². The number of phenols is 2. The van der Waals surface area contributed by atoms with Gasteiger partial charge in [-0.2, -0.15) is 0 Å². The quantitative estimate of drug-likeness (QED) is 0.380. The number of methoxy groups -OCH3 is 1. The number of benzene rings is 2. The molecule has 0 unspecified atom stereocenters. The van der Waals surface area contributed by atoms with Crippen LogP contribution in [0, 0.1) is 6.92 Å². The normalized spacial score (nSPS) is 27.0. The van der Waals surface area contributed by atoms with E-state index in [0.29, 0.717) is 0 Å². The molecule has 10 heteroatoms. The zero-order valence-electron chi connectivity index (χ0n) is 17.4. The number of ketones is 2. The molecule has 5 atom stereocenters. The maximum Gasteiger partial charge on any atom is 0.229 e. The largest absolute Gasteiger partial charge is 0.507 e. The van der Waals surface area contributed by atoms with E-state index in [4.69, 9.17) is 14.2 Å².